The Morgan fingerprint density at radius 1 is 1.30 bits per heavy atom. The second-order valence-corrected chi connectivity index (χ2v) is 7.92. The third kappa shape index (κ3) is 6.19. The van der Waals surface area contributed by atoms with Gasteiger partial charge in [-0.25, -0.2) is 0 Å². The van der Waals surface area contributed by atoms with Gasteiger partial charge in [0.2, 0.25) is 0 Å². The van der Waals surface area contributed by atoms with Crippen LogP contribution < -0.4 is 10.6 Å². The zero-order chi connectivity index (χ0) is 19.1. The van der Waals surface area contributed by atoms with Crippen LogP contribution in [0.4, 0.5) is 0 Å². The van der Waals surface area contributed by atoms with Crippen molar-refractivity contribution in [3.8, 4) is 0 Å². The van der Waals surface area contributed by atoms with Crippen LogP contribution in [0.15, 0.2) is 29.3 Å². The Morgan fingerprint density at radius 3 is 2.89 bits per heavy atom. The van der Waals surface area contributed by atoms with E-state index in [4.69, 9.17) is 9.47 Å². The van der Waals surface area contributed by atoms with E-state index in [1.165, 1.54) is 11.1 Å². The number of ether oxygens (including phenoxy) is 2. The predicted molar refractivity (Wildman–Crippen MR) is 109 cm³/mol. The first-order valence-electron chi connectivity index (χ1n) is 10.1. The molecule has 6 heteroatoms. The first kappa shape index (κ1) is 20.1. The first-order valence-corrected chi connectivity index (χ1v) is 10.1. The van der Waals surface area contributed by atoms with E-state index in [9.17, 15) is 0 Å². The van der Waals surface area contributed by atoms with Gasteiger partial charge in [-0.05, 0) is 37.8 Å². The highest BCUT2D eigenvalue weighted by Crippen LogP contribution is 2.23. The number of hydrogen-bond donors (Lipinski definition) is 2. The summed E-state index contributed by atoms with van der Waals surface area (Å²) in [5.74, 6) is 0.819. The zero-order valence-corrected chi connectivity index (χ0v) is 17.0. The van der Waals surface area contributed by atoms with Gasteiger partial charge in [-0.2, -0.15) is 0 Å². The Hall–Kier alpha value is -1.63. The van der Waals surface area contributed by atoms with Crippen LogP contribution in [-0.2, 0) is 22.6 Å². The molecule has 0 aromatic heterocycles. The number of guanidine groups is 1. The molecular formula is C21H34N4O2. The fourth-order valence-corrected chi connectivity index (χ4v) is 3.78. The van der Waals surface area contributed by atoms with Crippen LogP contribution in [0.2, 0.25) is 0 Å². The van der Waals surface area contributed by atoms with Gasteiger partial charge in [0.15, 0.2) is 5.96 Å². The maximum absolute atomic E-state index is 5.83. The third-order valence-electron chi connectivity index (χ3n) is 5.34. The van der Waals surface area contributed by atoms with E-state index < -0.39 is 0 Å². The average Bonchev–Trinajstić information content (AvgIpc) is 3.09. The molecule has 0 amide bonds. The Morgan fingerprint density at radius 2 is 2.15 bits per heavy atom. The molecule has 2 heterocycles. The molecule has 2 N–H and O–H groups in total. The third-order valence-corrected chi connectivity index (χ3v) is 5.34. The van der Waals surface area contributed by atoms with Crippen LogP contribution >= 0.6 is 0 Å². The van der Waals surface area contributed by atoms with E-state index in [1.807, 2.05) is 7.05 Å². The minimum Gasteiger partial charge on any atom is -0.376 e. The van der Waals surface area contributed by atoms with Gasteiger partial charge in [0.05, 0.1) is 18.3 Å². The summed E-state index contributed by atoms with van der Waals surface area (Å²) in [5.41, 5.74) is 2.53. The van der Waals surface area contributed by atoms with E-state index in [2.05, 4.69) is 58.6 Å². The molecule has 2 fully saturated rings. The number of nitrogens with zero attached hydrogens (tertiary/aromatic N) is 2. The molecule has 6 nitrogen and oxygen atoms in total. The summed E-state index contributed by atoms with van der Waals surface area (Å²) in [6.07, 6.45) is 2.56. The Bertz CT molecular complexity index is 628. The molecule has 0 bridgehead atoms. The molecule has 0 radical (unpaired) electrons. The molecule has 27 heavy (non-hydrogen) atoms. The minimum atomic E-state index is -0.0766. The number of rotatable bonds is 6. The average molecular weight is 375 g/mol. The highest BCUT2D eigenvalue weighted by Gasteiger charge is 2.29. The zero-order valence-electron chi connectivity index (χ0n) is 17.0. The number of hydrogen-bond acceptors (Lipinski definition) is 4. The molecule has 3 rings (SSSR count). The summed E-state index contributed by atoms with van der Waals surface area (Å²) in [6.45, 7) is 10.5. The lowest BCUT2D eigenvalue weighted by molar-refractivity contribution is -0.0212. The quantitative estimate of drug-likeness (QED) is 0.590. The number of benzene rings is 1. The highest BCUT2D eigenvalue weighted by atomic mass is 16.5. The molecular weight excluding hydrogens is 340 g/mol. The van der Waals surface area contributed by atoms with Crippen molar-refractivity contribution in [2.75, 3.05) is 39.9 Å². The minimum absolute atomic E-state index is 0.0766. The molecule has 0 spiro atoms. The number of nitrogens with one attached hydrogen (secondary N) is 2. The number of morpholine rings is 1. The lowest BCUT2D eigenvalue weighted by Crippen LogP contribution is -2.45. The van der Waals surface area contributed by atoms with Gasteiger partial charge in [0.25, 0.3) is 0 Å². The fraction of sp³-hybridized carbons (Fsp3) is 0.667. The molecule has 2 unspecified atom stereocenters. The van der Waals surface area contributed by atoms with Crippen LogP contribution in [0, 0.1) is 0 Å². The second-order valence-electron chi connectivity index (χ2n) is 7.92. The summed E-state index contributed by atoms with van der Waals surface area (Å²) in [6, 6.07) is 8.78. The molecule has 0 aliphatic carbocycles. The van der Waals surface area contributed by atoms with Gasteiger partial charge < -0.3 is 20.1 Å². The molecule has 1 aromatic carbocycles. The van der Waals surface area contributed by atoms with Gasteiger partial charge in [-0.1, -0.05) is 24.3 Å². The van der Waals surface area contributed by atoms with Crippen LogP contribution in [-0.4, -0.2) is 62.5 Å². The van der Waals surface area contributed by atoms with Crippen molar-refractivity contribution in [1.29, 1.82) is 0 Å². The lowest BCUT2D eigenvalue weighted by atomic mass is 10.0. The molecule has 2 aliphatic rings. The summed E-state index contributed by atoms with van der Waals surface area (Å²) >= 11 is 0. The fourth-order valence-electron chi connectivity index (χ4n) is 3.78. The Kier molecular flexibility index (Phi) is 7.10. The SMILES string of the molecule is CN=C(NCc1cccc(CN2CCOC(C)C2)c1)NCC1(C)CCCO1. The van der Waals surface area contributed by atoms with Crippen molar-refractivity contribution in [1.82, 2.24) is 15.5 Å². The van der Waals surface area contributed by atoms with E-state index in [-0.39, 0.29) is 5.60 Å². The van der Waals surface area contributed by atoms with Crippen LogP contribution in [0.3, 0.4) is 0 Å². The maximum atomic E-state index is 5.83. The van der Waals surface area contributed by atoms with Gasteiger partial charge in [0.1, 0.15) is 0 Å². The Labute approximate surface area is 163 Å². The van der Waals surface area contributed by atoms with Crippen LogP contribution in [0.5, 0.6) is 0 Å². The van der Waals surface area contributed by atoms with E-state index in [1.54, 1.807) is 0 Å². The van der Waals surface area contributed by atoms with Gasteiger partial charge in [-0.15, -0.1) is 0 Å². The number of aliphatic imine (C=N–C) groups is 1. The molecule has 150 valence electrons. The van der Waals surface area contributed by atoms with Gasteiger partial charge >= 0.3 is 0 Å². The summed E-state index contributed by atoms with van der Waals surface area (Å²) in [4.78, 5) is 6.80. The van der Waals surface area contributed by atoms with Crippen molar-refractivity contribution in [2.24, 2.45) is 4.99 Å². The van der Waals surface area contributed by atoms with Crippen LogP contribution in [0.1, 0.15) is 37.8 Å². The first-order chi connectivity index (χ1) is 13.1. The monoisotopic (exact) mass is 374 g/mol. The molecule has 2 aliphatic heterocycles. The largest absolute Gasteiger partial charge is 0.376 e. The summed E-state index contributed by atoms with van der Waals surface area (Å²) < 4.78 is 11.5. The van der Waals surface area contributed by atoms with Crippen molar-refractivity contribution < 1.29 is 9.47 Å². The van der Waals surface area contributed by atoms with Gasteiger partial charge in [0, 0.05) is 46.4 Å². The molecule has 2 saturated heterocycles. The van der Waals surface area contributed by atoms with Crippen LogP contribution in [0.25, 0.3) is 0 Å². The molecule has 2 atom stereocenters. The second kappa shape index (κ2) is 9.53. The van der Waals surface area contributed by atoms with Crippen molar-refractivity contribution in [3.05, 3.63) is 35.4 Å². The molecule has 1 aromatic rings. The summed E-state index contributed by atoms with van der Waals surface area (Å²) in [5, 5.41) is 6.81. The van der Waals surface area contributed by atoms with Crippen molar-refractivity contribution in [3.63, 3.8) is 0 Å². The molecule has 0 saturated carbocycles. The smallest absolute Gasteiger partial charge is 0.191 e. The van der Waals surface area contributed by atoms with E-state index in [0.29, 0.717) is 6.10 Å². The van der Waals surface area contributed by atoms with E-state index in [0.717, 1.165) is 64.7 Å². The normalized spacial score (nSPS) is 26.9. The highest BCUT2D eigenvalue weighted by molar-refractivity contribution is 5.79. The maximum Gasteiger partial charge on any atom is 0.191 e. The Balaban J connectivity index is 1.48. The standard InChI is InChI=1S/C21H34N4O2/c1-17-14-25(9-11-26-17)15-19-7-4-6-18(12-19)13-23-20(22-3)24-16-21(2)8-5-10-27-21/h4,6-7,12,17H,5,8-11,13-16H2,1-3H3,(H2,22,23,24). The topological polar surface area (TPSA) is 58.1 Å². The van der Waals surface area contributed by atoms with Gasteiger partial charge in [-0.3, -0.25) is 9.89 Å². The van der Waals surface area contributed by atoms with Crippen molar-refractivity contribution >= 4 is 5.96 Å². The predicted octanol–water partition coefficient (Wildman–Crippen LogP) is 2.14. The summed E-state index contributed by atoms with van der Waals surface area (Å²) in [7, 11) is 1.81. The van der Waals surface area contributed by atoms with E-state index >= 15 is 0 Å². The lowest BCUT2D eigenvalue weighted by Gasteiger charge is -2.31. The van der Waals surface area contributed by atoms with Crippen molar-refractivity contribution in [2.45, 2.75) is 51.5 Å².